The molecule has 4 nitrogen and oxygen atoms in total. The third kappa shape index (κ3) is 5.52. The fourth-order valence-electron chi connectivity index (χ4n) is 3.46. The SMILES string of the molecule is CC(=O)Nc1cc(C(=O)NC2CCCCC2C)ccc1Sc1ccc(Cl)cc1. The van der Waals surface area contributed by atoms with Gasteiger partial charge in [0.1, 0.15) is 0 Å². The maximum Gasteiger partial charge on any atom is 0.251 e. The van der Waals surface area contributed by atoms with Crippen LogP contribution in [0.25, 0.3) is 0 Å². The van der Waals surface area contributed by atoms with Crippen molar-refractivity contribution in [3.8, 4) is 0 Å². The third-order valence-electron chi connectivity index (χ3n) is 5.02. The fourth-order valence-corrected chi connectivity index (χ4v) is 4.47. The van der Waals surface area contributed by atoms with Crippen LogP contribution in [0.15, 0.2) is 52.3 Å². The van der Waals surface area contributed by atoms with Gasteiger partial charge in [-0.15, -0.1) is 0 Å². The summed E-state index contributed by atoms with van der Waals surface area (Å²) in [6.07, 6.45) is 4.56. The van der Waals surface area contributed by atoms with Crippen LogP contribution in [0.5, 0.6) is 0 Å². The van der Waals surface area contributed by atoms with Gasteiger partial charge in [0.05, 0.1) is 5.69 Å². The molecule has 148 valence electrons. The molecule has 2 unspecified atom stereocenters. The summed E-state index contributed by atoms with van der Waals surface area (Å²) in [6.45, 7) is 3.66. The Kier molecular flexibility index (Phi) is 7.03. The van der Waals surface area contributed by atoms with Gasteiger partial charge in [0.2, 0.25) is 5.91 Å². The van der Waals surface area contributed by atoms with Gasteiger partial charge in [0.15, 0.2) is 0 Å². The van der Waals surface area contributed by atoms with E-state index in [1.807, 2.05) is 36.4 Å². The van der Waals surface area contributed by atoms with Crippen molar-refractivity contribution in [2.75, 3.05) is 5.32 Å². The second-order valence-corrected chi connectivity index (χ2v) is 8.84. The minimum Gasteiger partial charge on any atom is -0.349 e. The highest BCUT2D eigenvalue weighted by Gasteiger charge is 2.23. The molecule has 1 fully saturated rings. The lowest BCUT2D eigenvalue weighted by molar-refractivity contribution is -0.114. The molecule has 0 bridgehead atoms. The predicted octanol–water partition coefficient (Wildman–Crippen LogP) is 5.76. The van der Waals surface area contributed by atoms with Crippen LogP contribution in [-0.2, 0) is 4.79 Å². The van der Waals surface area contributed by atoms with Gasteiger partial charge in [-0.3, -0.25) is 9.59 Å². The molecule has 2 aromatic rings. The zero-order chi connectivity index (χ0) is 20.1. The molecule has 2 N–H and O–H groups in total. The molecule has 0 saturated heterocycles. The Morgan fingerprint density at radius 2 is 1.79 bits per heavy atom. The zero-order valence-corrected chi connectivity index (χ0v) is 17.7. The van der Waals surface area contributed by atoms with Crippen molar-refractivity contribution in [1.82, 2.24) is 5.32 Å². The summed E-state index contributed by atoms with van der Waals surface area (Å²) < 4.78 is 0. The van der Waals surface area contributed by atoms with Crippen molar-refractivity contribution in [3.63, 3.8) is 0 Å². The van der Waals surface area contributed by atoms with Gasteiger partial charge in [-0.2, -0.15) is 0 Å². The minimum absolute atomic E-state index is 0.0894. The number of amides is 2. The quantitative estimate of drug-likeness (QED) is 0.651. The molecule has 0 spiro atoms. The molecule has 0 radical (unpaired) electrons. The molecule has 2 atom stereocenters. The molecule has 2 aromatic carbocycles. The summed E-state index contributed by atoms with van der Waals surface area (Å²) in [7, 11) is 0. The maximum absolute atomic E-state index is 12.8. The second kappa shape index (κ2) is 9.48. The molecule has 6 heteroatoms. The average molecular weight is 417 g/mol. The smallest absolute Gasteiger partial charge is 0.251 e. The van der Waals surface area contributed by atoms with Crippen molar-refractivity contribution in [2.45, 2.75) is 55.4 Å². The van der Waals surface area contributed by atoms with E-state index in [2.05, 4.69) is 17.6 Å². The third-order valence-corrected chi connectivity index (χ3v) is 6.36. The van der Waals surface area contributed by atoms with Crippen LogP contribution in [0.2, 0.25) is 5.02 Å². The van der Waals surface area contributed by atoms with Crippen LogP contribution < -0.4 is 10.6 Å². The Bertz CT molecular complexity index is 854. The average Bonchev–Trinajstić information content (AvgIpc) is 2.66. The Hall–Kier alpha value is -1.98. The number of rotatable bonds is 5. The lowest BCUT2D eigenvalue weighted by Crippen LogP contribution is -2.41. The highest BCUT2D eigenvalue weighted by Crippen LogP contribution is 2.35. The summed E-state index contributed by atoms with van der Waals surface area (Å²) >= 11 is 7.47. The van der Waals surface area contributed by atoms with E-state index in [4.69, 9.17) is 11.6 Å². The van der Waals surface area contributed by atoms with Gasteiger partial charge in [-0.05, 0) is 61.2 Å². The van der Waals surface area contributed by atoms with Crippen molar-refractivity contribution in [1.29, 1.82) is 0 Å². The van der Waals surface area contributed by atoms with Gasteiger partial charge < -0.3 is 10.6 Å². The van der Waals surface area contributed by atoms with Crippen LogP contribution in [0, 0.1) is 5.92 Å². The normalized spacial score (nSPS) is 19.1. The molecular weight excluding hydrogens is 392 g/mol. The van der Waals surface area contributed by atoms with E-state index in [9.17, 15) is 9.59 Å². The first kappa shape index (κ1) is 20.7. The van der Waals surface area contributed by atoms with Crippen LogP contribution in [0.4, 0.5) is 5.69 Å². The first-order valence-corrected chi connectivity index (χ1v) is 10.8. The molecule has 1 aliphatic carbocycles. The number of nitrogens with one attached hydrogen (secondary N) is 2. The molecule has 2 amide bonds. The van der Waals surface area contributed by atoms with Gasteiger partial charge in [-0.1, -0.05) is 43.1 Å². The maximum atomic E-state index is 12.8. The lowest BCUT2D eigenvalue weighted by Gasteiger charge is -2.29. The molecule has 3 rings (SSSR count). The topological polar surface area (TPSA) is 58.2 Å². The molecule has 1 saturated carbocycles. The number of carbonyl (C=O) groups excluding carboxylic acids is 2. The van der Waals surface area contributed by atoms with Gasteiger partial charge in [0.25, 0.3) is 5.91 Å². The number of anilines is 1. The number of halogens is 1. The Morgan fingerprint density at radius 3 is 2.46 bits per heavy atom. The number of hydrogen-bond donors (Lipinski definition) is 2. The van der Waals surface area contributed by atoms with Crippen LogP contribution in [0.1, 0.15) is 49.9 Å². The van der Waals surface area contributed by atoms with Crippen molar-refractivity contribution in [2.24, 2.45) is 5.92 Å². The fraction of sp³-hybridized carbons (Fsp3) is 0.364. The van der Waals surface area contributed by atoms with E-state index in [1.165, 1.54) is 25.1 Å². The zero-order valence-electron chi connectivity index (χ0n) is 16.1. The second-order valence-electron chi connectivity index (χ2n) is 7.29. The minimum atomic E-state index is -0.170. The van der Waals surface area contributed by atoms with E-state index in [1.54, 1.807) is 6.07 Å². The van der Waals surface area contributed by atoms with Crippen molar-refractivity contribution < 1.29 is 9.59 Å². The molecule has 1 aliphatic rings. The molecule has 0 heterocycles. The van der Waals surface area contributed by atoms with Crippen LogP contribution >= 0.6 is 23.4 Å². The summed E-state index contributed by atoms with van der Waals surface area (Å²) in [4.78, 5) is 26.3. The Labute approximate surface area is 175 Å². The van der Waals surface area contributed by atoms with E-state index in [0.29, 0.717) is 22.2 Å². The Balaban J connectivity index is 1.79. The number of carbonyl (C=O) groups is 2. The van der Waals surface area contributed by atoms with E-state index in [-0.39, 0.29) is 17.9 Å². The highest BCUT2D eigenvalue weighted by atomic mass is 35.5. The van der Waals surface area contributed by atoms with E-state index < -0.39 is 0 Å². The molecule has 28 heavy (non-hydrogen) atoms. The number of hydrogen-bond acceptors (Lipinski definition) is 3. The van der Waals surface area contributed by atoms with Crippen molar-refractivity contribution in [3.05, 3.63) is 53.1 Å². The first-order valence-electron chi connectivity index (χ1n) is 9.58. The monoisotopic (exact) mass is 416 g/mol. The lowest BCUT2D eigenvalue weighted by atomic mass is 9.86. The van der Waals surface area contributed by atoms with Crippen molar-refractivity contribution >= 4 is 40.9 Å². The van der Waals surface area contributed by atoms with E-state index >= 15 is 0 Å². The van der Waals surface area contributed by atoms with Gasteiger partial charge in [0, 0.05) is 33.3 Å². The van der Waals surface area contributed by atoms with Crippen LogP contribution in [-0.4, -0.2) is 17.9 Å². The molecule has 0 aromatic heterocycles. The molecule has 0 aliphatic heterocycles. The largest absolute Gasteiger partial charge is 0.349 e. The van der Waals surface area contributed by atoms with Gasteiger partial charge >= 0.3 is 0 Å². The van der Waals surface area contributed by atoms with Gasteiger partial charge in [-0.25, -0.2) is 0 Å². The Morgan fingerprint density at radius 1 is 1.07 bits per heavy atom. The summed E-state index contributed by atoms with van der Waals surface area (Å²) in [5, 5.41) is 6.69. The first-order chi connectivity index (χ1) is 13.4. The predicted molar refractivity (Wildman–Crippen MR) is 115 cm³/mol. The highest BCUT2D eigenvalue weighted by molar-refractivity contribution is 7.99. The number of benzene rings is 2. The van der Waals surface area contributed by atoms with E-state index in [0.717, 1.165) is 29.1 Å². The summed E-state index contributed by atoms with van der Waals surface area (Å²) in [5.41, 5.74) is 1.19. The summed E-state index contributed by atoms with van der Waals surface area (Å²) in [5.74, 6) is 0.233. The van der Waals surface area contributed by atoms with Crippen LogP contribution in [0.3, 0.4) is 0 Å². The summed E-state index contributed by atoms with van der Waals surface area (Å²) in [6, 6.07) is 13.2. The molecular formula is C22H25ClN2O2S. The standard InChI is InChI=1S/C22H25ClN2O2S/c1-14-5-3-4-6-19(14)25-22(27)16-7-12-21(20(13-16)24-15(2)26)28-18-10-8-17(23)9-11-18/h7-14,19H,3-6H2,1-2H3,(H,24,26)(H,25,27).